The molecule has 0 aliphatic heterocycles. The second-order valence-corrected chi connectivity index (χ2v) is 7.39. The highest BCUT2D eigenvalue weighted by molar-refractivity contribution is 7.08. The number of quaternary nitrogens is 1. The minimum absolute atomic E-state index is 0.106. The number of aliphatic hydroxyl groups is 1. The summed E-state index contributed by atoms with van der Waals surface area (Å²) in [7, 11) is 0. The van der Waals surface area contributed by atoms with Crippen LogP contribution in [0.15, 0.2) is 70.1 Å². The Morgan fingerprint density at radius 3 is 2.21 bits per heavy atom. The van der Waals surface area contributed by atoms with Crippen LogP contribution in [0.25, 0.3) is 5.57 Å². The van der Waals surface area contributed by atoms with Crippen molar-refractivity contribution in [3.8, 4) is 0 Å². The maximum atomic E-state index is 10.5. The minimum atomic E-state index is -0.453. The van der Waals surface area contributed by atoms with Crippen LogP contribution in [0.1, 0.15) is 29.7 Å². The van der Waals surface area contributed by atoms with E-state index in [0.717, 1.165) is 12.1 Å². The van der Waals surface area contributed by atoms with E-state index in [-0.39, 0.29) is 6.04 Å². The van der Waals surface area contributed by atoms with Crippen molar-refractivity contribution in [1.29, 1.82) is 0 Å². The third-order valence-corrected chi connectivity index (χ3v) is 5.50. The molecule has 0 saturated heterocycles. The van der Waals surface area contributed by atoms with Crippen molar-refractivity contribution < 1.29 is 10.4 Å². The van der Waals surface area contributed by atoms with Crippen molar-refractivity contribution in [3.63, 3.8) is 0 Å². The summed E-state index contributed by atoms with van der Waals surface area (Å²) in [5.41, 5.74) is 4.78. The van der Waals surface area contributed by atoms with Gasteiger partial charge in [0.1, 0.15) is 12.1 Å². The van der Waals surface area contributed by atoms with Crippen LogP contribution >= 0.6 is 22.7 Å². The maximum absolute atomic E-state index is 10.5. The van der Waals surface area contributed by atoms with E-state index in [0.29, 0.717) is 0 Å². The monoisotopic (exact) mass is 356 g/mol. The van der Waals surface area contributed by atoms with Gasteiger partial charge in [-0.15, -0.1) is 0 Å². The Bertz CT molecular complexity index is 712. The second-order valence-electron chi connectivity index (χ2n) is 5.83. The van der Waals surface area contributed by atoms with Gasteiger partial charge in [0.25, 0.3) is 0 Å². The summed E-state index contributed by atoms with van der Waals surface area (Å²) in [4.78, 5) is 0. The largest absolute Gasteiger partial charge is 0.382 e. The summed E-state index contributed by atoms with van der Waals surface area (Å²) in [6, 6.07) is 14.3. The predicted octanol–water partition coefficient (Wildman–Crippen LogP) is 3.93. The van der Waals surface area contributed by atoms with Crippen molar-refractivity contribution in [1.82, 2.24) is 0 Å². The van der Waals surface area contributed by atoms with E-state index in [1.54, 1.807) is 22.7 Å². The molecule has 0 unspecified atom stereocenters. The van der Waals surface area contributed by atoms with Crippen LogP contribution in [0.3, 0.4) is 0 Å². The molecule has 2 atom stereocenters. The molecule has 24 heavy (non-hydrogen) atoms. The summed E-state index contributed by atoms with van der Waals surface area (Å²) >= 11 is 3.44. The fraction of sp³-hybridized carbons (Fsp3) is 0.200. The molecular weight excluding hydrogens is 334 g/mol. The summed E-state index contributed by atoms with van der Waals surface area (Å²) in [6.45, 7) is 2.91. The summed E-state index contributed by atoms with van der Waals surface area (Å²) in [5.74, 6) is 0. The van der Waals surface area contributed by atoms with Gasteiger partial charge in [0.15, 0.2) is 0 Å². The summed E-state index contributed by atoms with van der Waals surface area (Å²) in [6.07, 6.45) is 1.81. The highest BCUT2D eigenvalue weighted by atomic mass is 32.1. The van der Waals surface area contributed by atoms with Gasteiger partial charge in [-0.3, -0.25) is 0 Å². The maximum Gasteiger partial charge on any atom is 0.130 e. The molecule has 0 saturated carbocycles. The molecule has 2 heterocycles. The molecule has 0 aliphatic carbocycles. The second kappa shape index (κ2) is 8.40. The van der Waals surface area contributed by atoms with Crippen molar-refractivity contribution in [2.45, 2.75) is 19.1 Å². The molecule has 0 radical (unpaired) electrons. The number of hydrogen-bond acceptors (Lipinski definition) is 3. The van der Waals surface area contributed by atoms with Crippen molar-refractivity contribution in [2.75, 3.05) is 6.54 Å². The first-order chi connectivity index (χ1) is 11.8. The smallest absolute Gasteiger partial charge is 0.130 e. The lowest BCUT2D eigenvalue weighted by Crippen LogP contribution is -2.90. The number of thiophene rings is 2. The van der Waals surface area contributed by atoms with Gasteiger partial charge in [-0.05, 0) is 68.9 Å². The highest BCUT2D eigenvalue weighted by Crippen LogP contribution is 2.26. The Labute approximate surface area is 151 Å². The Balaban J connectivity index is 1.67. The molecule has 0 spiro atoms. The topological polar surface area (TPSA) is 36.8 Å². The van der Waals surface area contributed by atoms with Crippen LogP contribution in [-0.4, -0.2) is 17.7 Å². The van der Waals surface area contributed by atoms with E-state index < -0.39 is 6.10 Å². The Kier molecular flexibility index (Phi) is 5.99. The van der Waals surface area contributed by atoms with E-state index in [9.17, 15) is 5.11 Å². The van der Waals surface area contributed by atoms with Gasteiger partial charge >= 0.3 is 0 Å². The molecule has 124 valence electrons. The number of hydrogen-bond donors (Lipinski definition) is 2. The lowest BCUT2D eigenvalue weighted by molar-refractivity contribution is -0.686. The van der Waals surface area contributed by atoms with Crippen molar-refractivity contribution in [3.05, 3.63) is 86.8 Å². The molecule has 0 amide bonds. The minimum Gasteiger partial charge on any atom is -0.382 e. The van der Waals surface area contributed by atoms with Gasteiger partial charge in [0, 0.05) is 0 Å². The molecule has 2 nitrogen and oxygen atoms in total. The first kappa shape index (κ1) is 17.1. The average Bonchev–Trinajstić information content (AvgIpc) is 3.32. The van der Waals surface area contributed by atoms with Crippen molar-refractivity contribution in [2.24, 2.45) is 0 Å². The standard InChI is InChI=1S/C20H21NOS2/c1-15(20(22)16-5-3-2-4-6-16)21-10-7-19(17-8-11-23-13-17)18-9-12-24-14-18/h2-9,11-15,20-22H,10H2,1H3/p+1/t15-,20-/m0/s1. The molecule has 1 aromatic carbocycles. The van der Waals surface area contributed by atoms with Crippen molar-refractivity contribution >= 4 is 28.2 Å². The third-order valence-electron chi connectivity index (χ3n) is 4.13. The Morgan fingerprint density at radius 2 is 1.67 bits per heavy atom. The molecule has 3 N–H and O–H groups in total. The lowest BCUT2D eigenvalue weighted by atomic mass is 10.0. The Hall–Kier alpha value is -1.72. The quantitative estimate of drug-likeness (QED) is 0.661. The average molecular weight is 357 g/mol. The lowest BCUT2D eigenvalue weighted by Gasteiger charge is -2.17. The van der Waals surface area contributed by atoms with Gasteiger partial charge in [-0.2, -0.15) is 22.7 Å². The normalized spacial score (nSPS) is 13.4. The molecule has 0 aliphatic rings. The van der Waals surface area contributed by atoms with E-state index in [1.165, 1.54) is 16.7 Å². The summed E-state index contributed by atoms with van der Waals surface area (Å²) < 4.78 is 0. The van der Waals surface area contributed by atoms with E-state index >= 15 is 0 Å². The van der Waals surface area contributed by atoms with Crippen LogP contribution in [0.5, 0.6) is 0 Å². The molecule has 4 heteroatoms. The Morgan fingerprint density at radius 1 is 1.04 bits per heavy atom. The third kappa shape index (κ3) is 4.22. The zero-order chi connectivity index (χ0) is 16.8. The van der Waals surface area contributed by atoms with E-state index in [1.807, 2.05) is 30.3 Å². The van der Waals surface area contributed by atoms with Gasteiger partial charge in [0.2, 0.25) is 0 Å². The van der Waals surface area contributed by atoms with Crippen LogP contribution in [-0.2, 0) is 0 Å². The number of benzene rings is 1. The highest BCUT2D eigenvalue weighted by Gasteiger charge is 2.18. The predicted molar refractivity (Wildman–Crippen MR) is 103 cm³/mol. The molecule has 2 aromatic heterocycles. The van der Waals surface area contributed by atoms with Crippen LogP contribution in [0, 0.1) is 0 Å². The van der Waals surface area contributed by atoms with E-state index in [2.05, 4.69) is 52.0 Å². The molecule has 3 rings (SSSR count). The van der Waals surface area contributed by atoms with Gasteiger partial charge in [0.05, 0.1) is 6.54 Å². The molecule has 3 aromatic rings. The first-order valence-electron chi connectivity index (χ1n) is 8.07. The number of aliphatic hydroxyl groups excluding tert-OH is 1. The van der Waals surface area contributed by atoms with Crippen LogP contribution < -0.4 is 5.32 Å². The summed E-state index contributed by atoms with van der Waals surface area (Å²) in [5, 5.41) is 21.3. The number of nitrogens with two attached hydrogens (primary N) is 1. The molecule has 0 bridgehead atoms. The fourth-order valence-electron chi connectivity index (χ4n) is 2.72. The zero-order valence-corrected chi connectivity index (χ0v) is 15.3. The molecular formula is C20H22NOS2+. The van der Waals surface area contributed by atoms with E-state index in [4.69, 9.17) is 0 Å². The zero-order valence-electron chi connectivity index (χ0n) is 13.6. The van der Waals surface area contributed by atoms with Gasteiger partial charge in [-0.1, -0.05) is 30.3 Å². The van der Waals surface area contributed by atoms with Gasteiger partial charge in [-0.25, -0.2) is 0 Å². The SMILES string of the molecule is C[C@H]([NH2+]CC=C(c1ccsc1)c1ccsc1)[C@H](O)c1ccccc1. The van der Waals surface area contributed by atoms with Crippen LogP contribution in [0.4, 0.5) is 0 Å². The number of rotatable bonds is 7. The van der Waals surface area contributed by atoms with Gasteiger partial charge < -0.3 is 10.4 Å². The first-order valence-corrected chi connectivity index (χ1v) is 9.96. The molecule has 0 fully saturated rings. The van der Waals surface area contributed by atoms with Crippen LogP contribution in [0.2, 0.25) is 0 Å². The fourth-order valence-corrected chi connectivity index (χ4v) is 4.03.